The lowest BCUT2D eigenvalue weighted by Crippen LogP contribution is -2.15. The first-order valence-electron chi connectivity index (χ1n) is 5.85. The number of carbonyl (C=O) groups excluding carboxylic acids is 1. The molecule has 0 saturated heterocycles. The van der Waals surface area contributed by atoms with Crippen LogP contribution in [0.25, 0.3) is 0 Å². The Bertz CT molecular complexity index is 599. The molecule has 19 heavy (non-hydrogen) atoms. The van der Waals surface area contributed by atoms with Crippen molar-refractivity contribution in [2.45, 2.75) is 13.3 Å². The van der Waals surface area contributed by atoms with E-state index in [1.54, 1.807) is 6.07 Å². The van der Waals surface area contributed by atoms with Gasteiger partial charge in [-0.2, -0.15) is 0 Å². The zero-order valence-electron chi connectivity index (χ0n) is 10.4. The number of anilines is 1. The predicted octanol–water partition coefficient (Wildman–Crippen LogP) is 4.08. The van der Waals surface area contributed by atoms with Crippen molar-refractivity contribution in [1.29, 1.82) is 0 Å². The SMILES string of the molecule is Cc1cc(Br)c(F)cc1NC(=O)Cc1ccccc1. The molecule has 0 bridgehead atoms. The van der Waals surface area contributed by atoms with Gasteiger partial charge in [-0.05, 0) is 46.1 Å². The summed E-state index contributed by atoms with van der Waals surface area (Å²) in [6.45, 7) is 1.82. The summed E-state index contributed by atoms with van der Waals surface area (Å²) in [7, 11) is 0. The molecule has 0 atom stereocenters. The van der Waals surface area contributed by atoms with Crippen LogP contribution in [0.4, 0.5) is 10.1 Å². The number of halogens is 2. The summed E-state index contributed by atoms with van der Waals surface area (Å²) in [5.41, 5.74) is 2.24. The first-order valence-corrected chi connectivity index (χ1v) is 6.65. The first-order chi connectivity index (χ1) is 9.06. The van der Waals surface area contributed by atoms with Crippen LogP contribution in [0.15, 0.2) is 46.9 Å². The number of hydrogen-bond donors (Lipinski definition) is 1. The minimum Gasteiger partial charge on any atom is -0.325 e. The summed E-state index contributed by atoms with van der Waals surface area (Å²) in [5, 5.41) is 2.73. The van der Waals surface area contributed by atoms with Crippen LogP contribution in [0.3, 0.4) is 0 Å². The minimum atomic E-state index is -0.388. The Balaban J connectivity index is 2.09. The van der Waals surface area contributed by atoms with Crippen molar-refractivity contribution in [3.8, 4) is 0 Å². The third-order valence-electron chi connectivity index (χ3n) is 2.75. The van der Waals surface area contributed by atoms with Crippen LogP contribution in [0.1, 0.15) is 11.1 Å². The highest BCUT2D eigenvalue weighted by atomic mass is 79.9. The van der Waals surface area contributed by atoms with Crippen LogP contribution < -0.4 is 5.32 Å². The van der Waals surface area contributed by atoms with Crippen LogP contribution in [-0.2, 0) is 11.2 Å². The van der Waals surface area contributed by atoms with Gasteiger partial charge in [0.1, 0.15) is 5.82 Å². The molecule has 0 aliphatic carbocycles. The number of carbonyl (C=O) groups is 1. The maximum Gasteiger partial charge on any atom is 0.228 e. The van der Waals surface area contributed by atoms with Gasteiger partial charge in [-0.1, -0.05) is 30.3 Å². The summed E-state index contributed by atoms with van der Waals surface area (Å²) < 4.78 is 13.8. The van der Waals surface area contributed by atoms with E-state index in [1.165, 1.54) is 6.07 Å². The van der Waals surface area contributed by atoms with E-state index in [4.69, 9.17) is 0 Å². The van der Waals surface area contributed by atoms with Gasteiger partial charge in [0.25, 0.3) is 0 Å². The zero-order valence-corrected chi connectivity index (χ0v) is 12.0. The van der Waals surface area contributed by atoms with Gasteiger partial charge in [-0.15, -0.1) is 0 Å². The molecule has 1 amide bonds. The summed E-state index contributed by atoms with van der Waals surface area (Å²) in [6.07, 6.45) is 0.276. The quantitative estimate of drug-likeness (QED) is 0.906. The molecule has 0 aliphatic rings. The molecule has 1 N–H and O–H groups in total. The molecule has 2 aromatic rings. The normalized spacial score (nSPS) is 10.3. The van der Waals surface area contributed by atoms with Gasteiger partial charge in [-0.25, -0.2) is 4.39 Å². The fourth-order valence-electron chi connectivity index (χ4n) is 1.76. The molecule has 2 nitrogen and oxygen atoms in total. The van der Waals surface area contributed by atoms with Crippen molar-refractivity contribution in [2.24, 2.45) is 0 Å². The molecule has 0 fully saturated rings. The van der Waals surface area contributed by atoms with Gasteiger partial charge in [0, 0.05) is 5.69 Å². The fourth-order valence-corrected chi connectivity index (χ4v) is 2.21. The lowest BCUT2D eigenvalue weighted by atomic mass is 10.1. The highest BCUT2D eigenvalue weighted by Crippen LogP contribution is 2.24. The van der Waals surface area contributed by atoms with E-state index in [0.717, 1.165) is 11.1 Å². The lowest BCUT2D eigenvalue weighted by Gasteiger charge is -2.09. The maximum atomic E-state index is 13.4. The molecular weight excluding hydrogens is 309 g/mol. The Kier molecular flexibility index (Phi) is 4.32. The highest BCUT2D eigenvalue weighted by Gasteiger charge is 2.09. The molecule has 0 heterocycles. The third kappa shape index (κ3) is 3.64. The minimum absolute atomic E-state index is 0.156. The predicted molar refractivity (Wildman–Crippen MR) is 77.6 cm³/mol. The Morgan fingerprint density at radius 3 is 2.63 bits per heavy atom. The second kappa shape index (κ2) is 5.97. The molecule has 0 spiro atoms. The van der Waals surface area contributed by atoms with Crippen molar-refractivity contribution in [1.82, 2.24) is 0 Å². The summed E-state index contributed by atoms with van der Waals surface area (Å²) in [4.78, 5) is 11.9. The molecular formula is C15H13BrFNO. The second-order valence-electron chi connectivity index (χ2n) is 4.29. The largest absolute Gasteiger partial charge is 0.325 e. The Labute approximate surface area is 119 Å². The van der Waals surface area contributed by atoms with Crippen LogP contribution in [0.5, 0.6) is 0 Å². The molecule has 0 radical (unpaired) electrons. The van der Waals surface area contributed by atoms with Crippen molar-refractivity contribution in [3.63, 3.8) is 0 Å². The van der Waals surface area contributed by atoms with E-state index in [-0.39, 0.29) is 18.1 Å². The lowest BCUT2D eigenvalue weighted by molar-refractivity contribution is -0.115. The Morgan fingerprint density at radius 1 is 1.26 bits per heavy atom. The molecule has 4 heteroatoms. The Morgan fingerprint density at radius 2 is 1.95 bits per heavy atom. The first kappa shape index (κ1) is 13.7. The standard InChI is InChI=1S/C15H13BrFNO/c1-10-7-12(16)13(17)9-14(10)18-15(19)8-11-5-3-2-4-6-11/h2-7,9H,8H2,1H3,(H,18,19). The number of aryl methyl sites for hydroxylation is 1. The number of benzene rings is 2. The molecule has 98 valence electrons. The molecule has 0 aromatic heterocycles. The summed E-state index contributed by atoms with van der Waals surface area (Å²) in [5.74, 6) is -0.545. The molecule has 0 aliphatic heterocycles. The van der Waals surface area contributed by atoms with Crippen molar-refractivity contribution in [3.05, 3.63) is 63.9 Å². The van der Waals surface area contributed by atoms with Crippen LogP contribution in [-0.4, -0.2) is 5.91 Å². The number of rotatable bonds is 3. The average molecular weight is 322 g/mol. The topological polar surface area (TPSA) is 29.1 Å². The van der Waals surface area contributed by atoms with Gasteiger partial charge in [0.2, 0.25) is 5.91 Å². The Hall–Kier alpha value is -1.68. The van der Waals surface area contributed by atoms with E-state index in [2.05, 4.69) is 21.2 Å². The number of amides is 1. The molecule has 0 saturated carbocycles. The molecule has 2 aromatic carbocycles. The third-order valence-corrected chi connectivity index (χ3v) is 3.36. The number of hydrogen-bond acceptors (Lipinski definition) is 1. The van der Waals surface area contributed by atoms with Crippen molar-refractivity contribution < 1.29 is 9.18 Å². The highest BCUT2D eigenvalue weighted by molar-refractivity contribution is 9.10. The van der Waals surface area contributed by atoms with Gasteiger partial charge < -0.3 is 5.32 Å². The van der Waals surface area contributed by atoms with Gasteiger partial charge in [0.05, 0.1) is 10.9 Å². The van der Waals surface area contributed by atoms with E-state index >= 15 is 0 Å². The smallest absolute Gasteiger partial charge is 0.228 e. The van der Waals surface area contributed by atoms with Crippen molar-refractivity contribution >= 4 is 27.5 Å². The average Bonchev–Trinajstić information content (AvgIpc) is 2.37. The monoisotopic (exact) mass is 321 g/mol. The van der Waals surface area contributed by atoms with E-state index in [1.807, 2.05) is 37.3 Å². The molecule has 0 unspecified atom stereocenters. The van der Waals surface area contributed by atoms with Gasteiger partial charge in [-0.3, -0.25) is 4.79 Å². The zero-order chi connectivity index (χ0) is 13.8. The van der Waals surface area contributed by atoms with Crippen molar-refractivity contribution in [2.75, 3.05) is 5.32 Å². The summed E-state index contributed by atoms with van der Waals surface area (Å²) >= 11 is 3.11. The van der Waals surface area contributed by atoms with E-state index in [9.17, 15) is 9.18 Å². The van der Waals surface area contributed by atoms with Gasteiger partial charge >= 0.3 is 0 Å². The van der Waals surface area contributed by atoms with Crippen LogP contribution >= 0.6 is 15.9 Å². The van der Waals surface area contributed by atoms with E-state index < -0.39 is 0 Å². The molecule has 2 rings (SSSR count). The fraction of sp³-hybridized carbons (Fsp3) is 0.133. The number of nitrogens with one attached hydrogen (secondary N) is 1. The van der Waals surface area contributed by atoms with Gasteiger partial charge in [0.15, 0.2) is 0 Å². The summed E-state index contributed by atoms with van der Waals surface area (Å²) in [6, 6.07) is 12.4. The second-order valence-corrected chi connectivity index (χ2v) is 5.15. The van der Waals surface area contributed by atoms with Crippen LogP contribution in [0.2, 0.25) is 0 Å². The van der Waals surface area contributed by atoms with E-state index in [0.29, 0.717) is 10.2 Å². The van der Waals surface area contributed by atoms with Crippen LogP contribution in [0, 0.1) is 12.7 Å². The maximum absolute atomic E-state index is 13.4.